The molecule has 0 aliphatic carbocycles. The third-order valence-electron chi connectivity index (χ3n) is 4.81. The summed E-state index contributed by atoms with van der Waals surface area (Å²) < 4.78 is 125. The van der Waals surface area contributed by atoms with E-state index in [0.29, 0.717) is 0 Å². The van der Waals surface area contributed by atoms with Gasteiger partial charge < -0.3 is 9.47 Å². The normalized spacial score (nSPS) is 10.2. The van der Waals surface area contributed by atoms with Crippen LogP contribution in [0.4, 0.5) is 35.1 Å². The molecule has 2 nitrogen and oxygen atoms in total. The molecule has 10 heteroatoms. The van der Waals surface area contributed by atoms with E-state index in [2.05, 4.69) is 0 Å². The third kappa shape index (κ3) is 5.11. The molecule has 0 unspecified atom stereocenters. The molecule has 0 aromatic heterocycles. The van der Waals surface area contributed by atoms with Crippen LogP contribution in [0, 0.1) is 70.2 Å². The SMILES string of the molecule is Fc1c(F)c(Oc2ccccc2)c(F)c(F)c1C#CC#Cc1c(F)c(F)c(Oc2ccccc2)c(F)c1F. The molecule has 0 spiro atoms. The van der Waals surface area contributed by atoms with Crippen LogP contribution >= 0.6 is 0 Å². The van der Waals surface area contributed by atoms with Crippen molar-refractivity contribution < 1.29 is 44.6 Å². The molecule has 0 fully saturated rings. The Hall–Kier alpha value is -4.96. The summed E-state index contributed by atoms with van der Waals surface area (Å²) in [5, 5.41) is 0. The fraction of sp³-hybridized carbons (Fsp3) is 0. The maximum atomic E-state index is 14.4. The first-order valence-corrected chi connectivity index (χ1v) is 10.4. The van der Waals surface area contributed by atoms with Crippen LogP contribution in [0.15, 0.2) is 60.7 Å². The van der Waals surface area contributed by atoms with Crippen molar-refractivity contribution in [3.8, 4) is 46.7 Å². The first kappa shape index (κ1) is 26.1. The molecular weight excluding hydrogens is 520 g/mol. The van der Waals surface area contributed by atoms with Gasteiger partial charge in [0.25, 0.3) is 0 Å². The zero-order valence-corrected chi connectivity index (χ0v) is 18.6. The Morgan fingerprint density at radius 2 is 0.684 bits per heavy atom. The van der Waals surface area contributed by atoms with Crippen molar-refractivity contribution in [3.63, 3.8) is 0 Å². The quantitative estimate of drug-likeness (QED) is 0.152. The van der Waals surface area contributed by atoms with Crippen LogP contribution in [-0.4, -0.2) is 0 Å². The van der Waals surface area contributed by atoms with Gasteiger partial charge in [0.2, 0.25) is 34.8 Å². The average Bonchev–Trinajstić information content (AvgIpc) is 2.93. The molecule has 0 atom stereocenters. The summed E-state index contributed by atoms with van der Waals surface area (Å²) in [6, 6.07) is 14.0. The highest BCUT2D eigenvalue weighted by molar-refractivity contribution is 5.50. The molecule has 4 aromatic carbocycles. The van der Waals surface area contributed by atoms with E-state index >= 15 is 0 Å². The lowest BCUT2D eigenvalue weighted by atomic mass is 10.1. The highest BCUT2D eigenvalue weighted by Crippen LogP contribution is 2.34. The van der Waals surface area contributed by atoms with Gasteiger partial charge in [-0.3, -0.25) is 0 Å². The maximum Gasteiger partial charge on any atom is 0.205 e. The fourth-order valence-electron chi connectivity index (χ4n) is 3.02. The second-order valence-electron chi connectivity index (χ2n) is 7.25. The summed E-state index contributed by atoms with van der Waals surface area (Å²) in [6.45, 7) is 0. The lowest BCUT2D eigenvalue weighted by molar-refractivity contribution is 0.364. The van der Waals surface area contributed by atoms with Crippen LogP contribution < -0.4 is 9.47 Å². The van der Waals surface area contributed by atoms with Gasteiger partial charge in [0.05, 0.1) is 0 Å². The van der Waals surface area contributed by atoms with Crippen LogP contribution in [0.2, 0.25) is 0 Å². The van der Waals surface area contributed by atoms with E-state index in [4.69, 9.17) is 9.47 Å². The van der Waals surface area contributed by atoms with Gasteiger partial charge in [-0.1, -0.05) is 36.4 Å². The van der Waals surface area contributed by atoms with Gasteiger partial charge >= 0.3 is 0 Å². The van der Waals surface area contributed by atoms with Gasteiger partial charge in [-0.05, 0) is 47.9 Å². The van der Waals surface area contributed by atoms with Crippen molar-refractivity contribution >= 4 is 0 Å². The maximum absolute atomic E-state index is 14.4. The van der Waals surface area contributed by atoms with Crippen molar-refractivity contribution in [2.24, 2.45) is 0 Å². The summed E-state index contributed by atoms with van der Waals surface area (Å²) in [7, 11) is 0. The van der Waals surface area contributed by atoms with Crippen molar-refractivity contribution in [2.45, 2.75) is 0 Å². The summed E-state index contributed by atoms with van der Waals surface area (Å²) in [5.41, 5.74) is -2.81. The van der Waals surface area contributed by atoms with Crippen molar-refractivity contribution in [2.75, 3.05) is 0 Å². The molecule has 0 radical (unpaired) electrons. The lowest BCUT2D eigenvalue weighted by Crippen LogP contribution is -2.04. The van der Waals surface area contributed by atoms with E-state index < -0.39 is 69.2 Å². The predicted molar refractivity (Wildman–Crippen MR) is 119 cm³/mol. The van der Waals surface area contributed by atoms with Crippen LogP contribution in [0.1, 0.15) is 11.1 Å². The second kappa shape index (κ2) is 11.0. The average molecular weight is 530 g/mol. The Bertz CT molecular complexity index is 1460. The number of hydrogen-bond acceptors (Lipinski definition) is 2. The van der Waals surface area contributed by atoms with Crippen molar-refractivity contribution in [3.05, 3.63) is 118 Å². The molecule has 0 aliphatic heterocycles. The highest BCUT2D eigenvalue weighted by Gasteiger charge is 2.27. The minimum atomic E-state index is -1.93. The Morgan fingerprint density at radius 1 is 0.395 bits per heavy atom. The van der Waals surface area contributed by atoms with Gasteiger partial charge in [0.15, 0.2) is 23.3 Å². The van der Waals surface area contributed by atoms with Crippen LogP contribution in [-0.2, 0) is 0 Å². The van der Waals surface area contributed by atoms with E-state index in [0.717, 1.165) is 0 Å². The Balaban J connectivity index is 1.66. The largest absolute Gasteiger partial charge is 0.451 e. The molecule has 0 saturated heterocycles. The van der Waals surface area contributed by atoms with Crippen LogP contribution in [0.25, 0.3) is 0 Å². The summed E-state index contributed by atoms with van der Waals surface area (Å²) >= 11 is 0. The summed E-state index contributed by atoms with van der Waals surface area (Å²) in [6.07, 6.45) is 0. The summed E-state index contributed by atoms with van der Waals surface area (Å²) in [5.74, 6) is -11.5. The van der Waals surface area contributed by atoms with Crippen molar-refractivity contribution in [1.82, 2.24) is 0 Å². The number of rotatable bonds is 4. The fourth-order valence-corrected chi connectivity index (χ4v) is 3.02. The molecule has 0 N–H and O–H groups in total. The molecule has 0 aliphatic rings. The number of para-hydroxylation sites is 2. The molecule has 38 heavy (non-hydrogen) atoms. The van der Waals surface area contributed by atoms with Crippen molar-refractivity contribution in [1.29, 1.82) is 0 Å². The lowest BCUT2D eigenvalue weighted by Gasteiger charge is -2.10. The van der Waals surface area contributed by atoms with Crippen LogP contribution in [0.3, 0.4) is 0 Å². The predicted octanol–water partition coefficient (Wildman–Crippen LogP) is 7.79. The van der Waals surface area contributed by atoms with Crippen LogP contribution in [0.5, 0.6) is 23.0 Å². The van der Waals surface area contributed by atoms with E-state index in [-0.39, 0.29) is 11.5 Å². The van der Waals surface area contributed by atoms with Gasteiger partial charge in [0, 0.05) is 0 Å². The van der Waals surface area contributed by atoms with E-state index in [1.54, 1.807) is 35.8 Å². The molecule has 0 saturated carbocycles. The minimum Gasteiger partial charge on any atom is -0.451 e. The Morgan fingerprint density at radius 3 is 0.974 bits per heavy atom. The Kier molecular flexibility index (Phi) is 7.54. The smallest absolute Gasteiger partial charge is 0.205 e. The minimum absolute atomic E-state index is 0.113. The monoisotopic (exact) mass is 530 g/mol. The van der Waals surface area contributed by atoms with E-state index in [1.165, 1.54) is 48.5 Å². The van der Waals surface area contributed by atoms with Gasteiger partial charge in [0.1, 0.15) is 22.6 Å². The number of hydrogen-bond donors (Lipinski definition) is 0. The first-order chi connectivity index (χ1) is 18.2. The van der Waals surface area contributed by atoms with Gasteiger partial charge in [-0.15, -0.1) is 0 Å². The summed E-state index contributed by atoms with van der Waals surface area (Å²) in [4.78, 5) is 0. The molecule has 0 bridgehead atoms. The Labute approximate surface area is 210 Å². The van der Waals surface area contributed by atoms with Gasteiger partial charge in [-0.2, -0.15) is 17.6 Å². The highest BCUT2D eigenvalue weighted by atomic mass is 19.2. The second-order valence-corrected chi connectivity index (χ2v) is 7.25. The first-order valence-electron chi connectivity index (χ1n) is 10.4. The zero-order chi connectivity index (χ0) is 27.4. The molecule has 190 valence electrons. The zero-order valence-electron chi connectivity index (χ0n) is 18.6. The number of ether oxygens (including phenoxy) is 2. The molecular formula is C28H10F8O2. The third-order valence-corrected chi connectivity index (χ3v) is 4.81. The molecule has 0 amide bonds. The van der Waals surface area contributed by atoms with E-state index in [1.807, 2.05) is 0 Å². The number of benzene rings is 4. The van der Waals surface area contributed by atoms with E-state index in [9.17, 15) is 35.1 Å². The molecule has 4 aromatic rings. The molecule has 0 heterocycles. The standard InChI is InChI=1S/C28H10F8O2/c29-19-17(20(30)24(34)27(23(19)33)37-15-9-3-1-4-10-15)13-7-8-14-18-21(31)25(35)28(26(36)22(18)32)38-16-11-5-2-6-12-16/h1-6,9-12H. The topological polar surface area (TPSA) is 18.5 Å². The van der Waals surface area contributed by atoms with Gasteiger partial charge in [-0.25, -0.2) is 17.6 Å². The molecule has 4 rings (SSSR count). The number of halogens is 8.